The van der Waals surface area contributed by atoms with Gasteiger partial charge in [-0.1, -0.05) is 6.92 Å². The Labute approximate surface area is 111 Å². The molecule has 1 heterocycles. The molecule has 2 atom stereocenters. The Balaban J connectivity index is 2.18. The largest absolute Gasteiger partial charge is 0.396 e. The lowest BCUT2D eigenvalue weighted by Crippen LogP contribution is -2.39. The molecule has 1 aliphatic rings. The first-order chi connectivity index (χ1) is 8.76. The van der Waals surface area contributed by atoms with Crippen LogP contribution in [-0.4, -0.2) is 60.2 Å². The molecule has 2 unspecified atom stereocenters. The molecule has 1 rings (SSSR count). The zero-order valence-electron chi connectivity index (χ0n) is 11.7. The second-order valence-corrected chi connectivity index (χ2v) is 5.21. The first kappa shape index (κ1) is 15.9. The van der Waals surface area contributed by atoms with Gasteiger partial charge in [0.1, 0.15) is 0 Å². The van der Waals surface area contributed by atoms with E-state index in [0.717, 1.165) is 51.9 Å². The summed E-state index contributed by atoms with van der Waals surface area (Å²) < 4.78 is 5.73. The lowest BCUT2D eigenvalue weighted by molar-refractivity contribution is -0.0128. The maximum absolute atomic E-state index is 9.94. The number of rotatable bonds is 9. The van der Waals surface area contributed by atoms with Crippen LogP contribution in [0.5, 0.6) is 0 Å². The molecule has 0 bridgehead atoms. The van der Waals surface area contributed by atoms with Crippen molar-refractivity contribution >= 4 is 0 Å². The van der Waals surface area contributed by atoms with Crippen LogP contribution in [0.2, 0.25) is 0 Å². The standard InChI is InChI=1S/C14H29NO3/c1-2-15(11-13(17)7-3-5-9-16)12-14-8-4-6-10-18-14/h13-14,16-17H,2-12H2,1H3. The van der Waals surface area contributed by atoms with Crippen molar-refractivity contribution in [2.24, 2.45) is 0 Å². The van der Waals surface area contributed by atoms with Crippen molar-refractivity contribution in [3.8, 4) is 0 Å². The number of hydrogen-bond donors (Lipinski definition) is 2. The van der Waals surface area contributed by atoms with Crippen LogP contribution in [0.15, 0.2) is 0 Å². The maximum Gasteiger partial charge on any atom is 0.0702 e. The van der Waals surface area contributed by atoms with Gasteiger partial charge >= 0.3 is 0 Å². The van der Waals surface area contributed by atoms with E-state index in [0.29, 0.717) is 6.10 Å². The summed E-state index contributed by atoms with van der Waals surface area (Å²) in [5.74, 6) is 0. The van der Waals surface area contributed by atoms with Crippen molar-refractivity contribution in [1.29, 1.82) is 0 Å². The highest BCUT2D eigenvalue weighted by molar-refractivity contribution is 4.71. The van der Waals surface area contributed by atoms with Crippen molar-refractivity contribution in [2.75, 3.05) is 32.8 Å². The van der Waals surface area contributed by atoms with Crippen LogP contribution in [0.4, 0.5) is 0 Å². The number of unbranched alkanes of at least 4 members (excludes halogenated alkanes) is 1. The van der Waals surface area contributed by atoms with Crippen molar-refractivity contribution in [1.82, 2.24) is 4.90 Å². The highest BCUT2D eigenvalue weighted by Gasteiger charge is 2.18. The van der Waals surface area contributed by atoms with Gasteiger partial charge in [-0.25, -0.2) is 0 Å². The quantitative estimate of drug-likeness (QED) is 0.615. The topological polar surface area (TPSA) is 52.9 Å². The number of hydrogen-bond acceptors (Lipinski definition) is 4. The number of aliphatic hydroxyl groups excluding tert-OH is 2. The first-order valence-corrected chi connectivity index (χ1v) is 7.39. The second kappa shape index (κ2) is 9.73. The Hall–Kier alpha value is -0.160. The molecule has 0 radical (unpaired) electrons. The molecule has 1 saturated heterocycles. The van der Waals surface area contributed by atoms with Crippen LogP contribution in [0.25, 0.3) is 0 Å². The summed E-state index contributed by atoms with van der Waals surface area (Å²) in [4.78, 5) is 2.28. The van der Waals surface area contributed by atoms with E-state index < -0.39 is 0 Å². The molecule has 0 spiro atoms. The Morgan fingerprint density at radius 2 is 2.17 bits per heavy atom. The van der Waals surface area contributed by atoms with Crippen LogP contribution in [0.1, 0.15) is 45.4 Å². The van der Waals surface area contributed by atoms with Crippen molar-refractivity contribution in [3.05, 3.63) is 0 Å². The maximum atomic E-state index is 9.94. The van der Waals surface area contributed by atoms with Crippen LogP contribution >= 0.6 is 0 Å². The molecule has 0 saturated carbocycles. The lowest BCUT2D eigenvalue weighted by Gasteiger charge is -2.30. The van der Waals surface area contributed by atoms with E-state index in [1.165, 1.54) is 12.8 Å². The molecule has 0 aromatic rings. The molecule has 108 valence electrons. The fourth-order valence-electron chi connectivity index (χ4n) is 2.45. The molecule has 0 aromatic carbocycles. The third-order valence-corrected chi connectivity index (χ3v) is 3.60. The molecule has 4 nitrogen and oxygen atoms in total. The fraction of sp³-hybridized carbons (Fsp3) is 1.00. The van der Waals surface area contributed by atoms with Crippen LogP contribution in [0.3, 0.4) is 0 Å². The Kier molecular flexibility index (Phi) is 8.59. The SMILES string of the molecule is CCN(CC(O)CCCCO)CC1CCCCO1. The first-order valence-electron chi connectivity index (χ1n) is 7.39. The van der Waals surface area contributed by atoms with E-state index in [1.54, 1.807) is 0 Å². The average Bonchev–Trinajstić information content (AvgIpc) is 2.39. The van der Waals surface area contributed by atoms with Gasteiger partial charge < -0.3 is 14.9 Å². The molecule has 0 aliphatic carbocycles. The molecule has 4 heteroatoms. The monoisotopic (exact) mass is 259 g/mol. The molecule has 0 amide bonds. The predicted octanol–water partition coefficient (Wildman–Crippen LogP) is 1.40. The highest BCUT2D eigenvalue weighted by atomic mass is 16.5. The van der Waals surface area contributed by atoms with E-state index in [9.17, 15) is 5.11 Å². The molecule has 1 fully saturated rings. The summed E-state index contributed by atoms with van der Waals surface area (Å²) in [6, 6.07) is 0. The Morgan fingerprint density at radius 3 is 2.78 bits per heavy atom. The van der Waals surface area contributed by atoms with Gasteiger partial charge in [-0.05, 0) is 45.1 Å². The number of likely N-dealkylation sites (N-methyl/N-ethyl adjacent to an activating group) is 1. The Bertz CT molecular complexity index is 195. The van der Waals surface area contributed by atoms with Gasteiger partial charge in [0.25, 0.3) is 0 Å². The zero-order chi connectivity index (χ0) is 13.2. The van der Waals surface area contributed by atoms with E-state index in [-0.39, 0.29) is 12.7 Å². The number of aliphatic hydroxyl groups is 2. The third-order valence-electron chi connectivity index (χ3n) is 3.60. The van der Waals surface area contributed by atoms with Gasteiger partial charge in [-0.3, -0.25) is 4.90 Å². The van der Waals surface area contributed by atoms with E-state index in [2.05, 4.69) is 11.8 Å². The van der Waals surface area contributed by atoms with Crippen molar-refractivity contribution in [2.45, 2.75) is 57.7 Å². The van der Waals surface area contributed by atoms with Gasteiger partial charge in [-0.15, -0.1) is 0 Å². The zero-order valence-corrected chi connectivity index (χ0v) is 11.7. The van der Waals surface area contributed by atoms with Crippen LogP contribution in [-0.2, 0) is 4.74 Å². The fourth-order valence-corrected chi connectivity index (χ4v) is 2.45. The van der Waals surface area contributed by atoms with Crippen molar-refractivity contribution in [3.63, 3.8) is 0 Å². The van der Waals surface area contributed by atoms with Crippen LogP contribution in [0, 0.1) is 0 Å². The summed E-state index contributed by atoms with van der Waals surface area (Å²) in [5, 5.41) is 18.7. The van der Waals surface area contributed by atoms with Crippen LogP contribution < -0.4 is 0 Å². The highest BCUT2D eigenvalue weighted by Crippen LogP contribution is 2.14. The molecule has 18 heavy (non-hydrogen) atoms. The third kappa shape index (κ3) is 6.69. The van der Waals surface area contributed by atoms with Gasteiger partial charge in [0.15, 0.2) is 0 Å². The second-order valence-electron chi connectivity index (χ2n) is 5.21. The minimum Gasteiger partial charge on any atom is -0.396 e. The summed E-state index contributed by atoms with van der Waals surface area (Å²) in [7, 11) is 0. The van der Waals surface area contributed by atoms with Gasteiger partial charge in [0.05, 0.1) is 12.2 Å². The average molecular weight is 259 g/mol. The molecule has 2 N–H and O–H groups in total. The number of ether oxygens (including phenoxy) is 1. The van der Waals surface area contributed by atoms with Crippen molar-refractivity contribution < 1.29 is 14.9 Å². The summed E-state index contributed by atoms with van der Waals surface area (Å²) in [6.07, 6.45) is 6.14. The molecular formula is C14H29NO3. The lowest BCUT2D eigenvalue weighted by atomic mass is 10.1. The Morgan fingerprint density at radius 1 is 1.33 bits per heavy atom. The number of nitrogens with zero attached hydrogens (tertiary/aromatic N) is 1. The van der Waals surface area contributed by atoms with Gasteiger partial charge in [-0.2, -0.15) is 0 Å². The van der Waals surface area contributed by atoms with E-state index in [4.69, 9.17) is 9.84 Å². The molecule has 1 aliphatic heterocycles. The van der Waals surface area contributed by atoms with Gasteiger partial charge in [0.2, 0.25) is 0 Å². The normalized spacial score (nSPS) is 22.3. The molecular weight excluding hydrogens is 230 g/mol. The minimum atomic E-state index is -0.278. The van der Waals surface area contributed by atoms with Gasteiger partial charge in [0, 0.05) is 26.3 Å². The molecule has 0 aromatic heterocycles. The smallest absolute Gasteiger partial charge is 0.0702 e. The summed E-state index contributed by atoms with van der Waals surface area (Å²) in [6.45, 7) is 5.86. The predicted molar refractivity (Wildman–Crippen MR) is 72.6 cm³/mol. The summed E-state index contributed by atoms with van der Waals surface area (Å²) >= 11 is 0. The summed E-state index contributed by atoms with van der Waals surface area (Å²) in [5.41, 5.74) is 0. The minimum absolute atomic E-state index is 0.222. The van der Waals surface area contributed by atoms with E-state index >= 15 is 0 Å². The van der Waals surface area contributed by atoms with E-state index in [1.807, 2.05) is 0 Å².